The van der Waals surface area contributed by atoms with Gasteiger partial charge in [0.2, 0.25) is 5.95 Å². The molecule has 1 aromatic heterocycles. The summed E-state index contributed by atoms with van der Waals surface area (Å²) in [6.45, 7) is 2.67. The standard InChI is InChI=1S/C18H16Cl2N4O2/c1-2-26-16-9-4-3-6-12(16)17(25)22-18-21-11-24(23-18)10-13-14(19)7-5-8-15(13)20/h3-9,11H,2,10H2,1H3,(H,22,23,25). The summed E-state index contributed by atoms with van der Waals surface area (Å²) in [5.41, 5.74) is 1.15. The highest BCUT2D eigenvalue weighted by Crippen LogP contribution is 2.25. The highest BCUT2D eigenvalue weighted by Gasteiger charge is 2.14. The zero-order chi connectivity index (χ0) is 18.5. The molecule has 0 aliphatic carbocycles. The average molecular weight is 391 g/mol. The van der Waals surface area contributed by atoms with Crippen LogP contribution in [0.2, 0.25) is 10.0 Å². The SMILES string of the molecule is CCOc1ccccc1C(=O)Nc1ncn(Cc2c(Cl)cccc2Cl)n1. The van der Waals surface area contributed by atoms with Crippen molar-refractivity contribution in [2.24, 2.45) is 0 Å². The normalized spacial score (nSPS) is 10.6. The Kier molecular flexibility index (Phi) is 5.75. The summed E-state index contributed by atoms with van der Waals surface area (Å²) in [4.78, 5) is 16.6. The molecule has 26 heavy (non-hydrogen) atoms. The highest BCUT2D eigenvalue weighted by atomic mass is 35.5. The second kappa shape index (κ2) is 8.21. The first-order valence-corrected chi connectivity index (χ1v) is 8.69. The lowest BCUT2D eigenvalue weighted by atomic mass is 10.2. The van der Waals surface area contributed by atoms with Crippen molar-refractivity contribution in [2.75, 3.05) is 11.9 Å². The van der Waals surface area contributed by atoms with Gasteiger partial charge in [0.15, 0.2) is 0 Å². The molecule has 0 radical (unpaired) electrons. The zero-order valence-electron chi connectivity index (χ0n) is 13.9. The van der Waals surface area contributed by atoms with Gasteiger partial charge in [-0.05, 0) is 31.2 Å². The van der Waals surface area contributed by atoms with E-state index < -0.39 is 0 Å². The van der Waals surface area contributed by atoms with Crippen LogP contribution in [0.1, 0.15) is 22.8 Å². The molecule has 134 valence electrons. The van der Waals surface area contributed by atoms with E-state index in [1.165, 1.54) is 6.33 Å². The van der Waals surface area contributed by atoms with Crippen LogP contribution in [0, 0.1) is 0 Å². The molecule has 8 heteroatoms. The maximum absolute atomic E-state index is 12.5. The lowest BCUT2D eigenvalue weighted by molar-refractivity contribution is 0.102. The topological polar surface area (TPSA) is 69.0 Å². The molecule has 0 bridgehead atoms. The fourth-order valence-electron chi connectivity index (χ4n) is 2.38. The van der Waals surface area contributed by atoms with E-state index in [4.69, 9.17) is 27.9 Å². The van der Waals surface area contributed by atoms with Crippen LogP contribution in [0.25, 0.3) is 0 Å². The first-order valence-electron chi connectivity index (χ1n) is 7.94. The van der Waals surface area contributed by atoms with Gasteiger partial charge in [-0.1, -0.05) is 41.4 Å². The Balaban J connectivity index is 1.74. The van der Waals surface area contributed by atoms with Crippen LogP contribution in [-0.4, -0.2) is 27.3 Å². The van der Waals surface area contributed by atoms with E-state index in [2.05, 4.69) is 15.4 Å². The molecule has 1 heterocycles. The number of nitrogens with zero attached hydrogens (tertiary/aromatic N) is 3. The molecule has 1 N–H and O–H groups in total. The molecule has 3 aromatic rings. The number of hydrogen-bond acceptors (Lipinski definition) is 4. The maximum atomic E-state index is 12.5. The van der Waals surface area contributed by atoms with Crippen molar-refractivity contribution >= 4 is 35.1 Å². The Bertz CT molecular complexity index is 907. The zero-order valence-corrected chi connectivity index (χ0v) is 15.5. The molecule has 0 atom stereocenters. The lowest BCUT2D eigenvalue weighted by Crippen LogP contribution is -2.15. The summed E-state index contributed by atoms with van der Waals surface area (Å²) >= 11 is 12.3. The van der Waals surface area contributed by atoms with E-state index >= 15 is 0 Å². The first-order chi connectivity index (χ1) is 12.6. The van der Waals surface area contributed by atoms with Crippen LogP contribution in [0.15, 0.2) is 48.8 Å². The number of hydrogen-bond donors (Lipinski definition) is 1. The van der Waals surface area contributed by atoms with Crippen LogP contribution >= 0.6 is 23.2 Å². The third-order valence-electron chi connectivity index (χ3n) is 3.58. The summed E-state index contributed by atoms with van der Waals surface area (Å²) in [6, 6.07) is 12.3. The monoisotopic (exact) mass is 390 g/mol. The Morgan fingerprint density at radius 3 is 2.62 bits per heavy atom. The summed E-state index contributed by atoms with van der Waals surface area (Å²) in [5, 5.41) is 8.00. The Labute approximate surface area is 160 Å². The molecule has 2 aromatic carbocycles. The fourth-order valence-corrected chi connectivity index (χ4v) is 2.89. The summed E-state index contributed by atoms with van der Waals surface area (Å²) in [5.74, 6) is 0.349. The largest absolute Gasteiger partial charge is 0.493 e. The minimum Gasteiger partial charge on any atom is -0.493 e. The number of carbonyl (C=O) groups is 1. The average Bonchev–Trinajstić information content (AvgIpc) is 3.06. The van der Waals surface area contributed by atoms with Gasteiger partial charge in [0.05, 0.1) is 18.7 Å². The molecule has 0 aliphatic rings. The van der Waals surface area contributed by atoms with Crippen LogP contribution < -0.4 is 10.1 Å². The van der Waals surface area contributed by atoms with Gasteiger partial charge < -0.3 is 4.74 Å². The number of aromatic nitrogens is 3. The molecule has 0 saturated carbocycles. The predicted octanol–water partition coefficient (Wildman–Crippen LogP) is 4.28. The van der Waals surface area contributed by atoms with E-state index in [1.54, 1.807) is 41.1 Å². The quantitative estimate of drug-likeness (QED) is 0.681. The Morgan fingerprint density at radius 1 is 1.15 bits per heavy atom. The Hall–Kier alpha value is -2.57. The van der Waals surface area contributed by atoms with Gasteiger partial charge in [0, 0.05) is 15.6 Å². The lowest BCUT2D eigenvalue weighted by Gasteiger charge is -2.08. The predicted molar refractivity (Wildman–Crippen MR) is 101 cm³/mol. The molecule has 0 saturated heterocycles. The molecule has 1 amide bonds. The summed E-state index contributed by atoms with van der Waals surface area (Å²) in [7, 11) is 0. The van der Waals surface area contributed by atoms with E-state index in [9.17, 15) is 4.79 Å². The van der Waals surface area contributed by atoms with Gasteiger partial charge in [0.1, 0.15) is 12.1 Å². The van der Waals surface area contributed by atoms with E-state index in [1.807, 2.05) is 13.0 Å². The van der Waals surface area contributed by atoms with Crippen LogP contribution in [-0.2, 0) is 6.54 Å². The fraction of sp³-hybridized carbons (Fsp3) is 0.167. The van der Waals surface area contributed by atoms with Crippen molar-refractivity contribution in [1.82, 2.24) is 14.8 Å². The number of amides is 1. The minimum atomic E-state index is -0.345. The number of benzene rings is 2. The number of nitrogens with one attached hydrogen (secondary N) is 1. The number of ether oxygens (including phenoxy) is 1. The smallest absolute Gasteiger partial charge is 0.261 e. The first kappa shape index (κ1) is 18.2. The number of carbonyl (C=O) groups excluding carboxylic acids is 1. The molecule has 0 fully saturated rings. The summed E-state index contributed by atoms with van der Waals surface area (Å²) < 4.78 is 7.02. The molecular weight excluding hydrogens is 375 g/mol. The number of halogens is 2. The molecule has 0 aliphatic heterocycles. The third kappa shape index (κ3) is 4.15. The number of para-hydroxylation sites is 1. The maximum Gasteiger partial charge on any atom is 0.261 e. The molecule has 0 spiro atoms. The molecule has 6 nitrogen and oxygen atoms in total. The molecule has 0 unspecified atom stereocenters. The summed E-state index contributed by atoms with van der Waals surface area (Å²) in [6.07, 6.45) is 1.50. The second-order valence-corrected chi connectivity index (χ2v) is 6.16. The van der Waals surface area contributed by atoms with Crippen LogP contribution in [0.3, 0.4) is 0 Å². The van der Waals surface area contributed by atoms with Crippen molar-refractivity contribution in [3.8, 4) is 5.75 Å². The van der Waals surface area contributed by atoms with Gasteiger partial charge in [-0.3, -0.25) is 10.1 Å². The number of rotatable bonds is 6. The van der Waals surface area contributed by atoms with Gasteiger partial charge in [-0.25, -0.2) is 9.67 Å². The van der Waals surface area contributed by atoms with Crippen LogP contribution in [0.5, 0.6) is 5.75 Å². The van der Waals surface area contributed by atoms with Gasteiger partial charge >= 0.3 is 0 Å². The highest BCUT2D eigenvalue weighted by molar-refractivity contribution is 6.35. The Morgan fingerprint density at radius 2 is 1.88 bits per heavy atom. The van der Waals surface area contributed by atoms with Gasteiger partial charge in [0.25, 0.3) is 5.91 Å². The van der Waals surface area contributed by atoms with Crippen molar-refractivity contribution in [1.29, 1.82) is 0 Å². The number of anilines is 1. The van der Waals surface area contributed by atoms with E-state index in [0.29, 0.717) is 34.5 Å². The van der Waals surface area contributed by atoms with Crippen molar-refractivity contribution in [2.45, 2.75) is 13.5 Å². The van der Waals surface area contributed by atoms with Crippen LogP contribution in [0.4, 0.5) is 5.95 Å². The van der Waals surface area contributed by atoms with Gasteiger partial charge in [-0.15, -0.1) is 5.10 Å². The van der Waals surface area contributed by atoms with Crippen molar-refractivity contribution in [3.63, 3.8) is 0 Å². The van der Waals surface area contributed by atoms with Crippen molar-refractivity contribution in [3.05, 3.63) is 70.0 Å². The minimum absolute atomic E-state index is 0.185. The molecular formula is C18H16Cl2N4O2. The van der Waals surface area contributed by atoms with Crippen molar-refractivity contribution < 1.29 is 9.53 Å². The van der Waals surface area contributed by atoms with E-state index in [0.717, 1.165) is 5.56 Å². The second-order valence-electron chi connectivity index (χ2n) is 5.35. The third-order valence-corrected chi connectivity index (χ3v) is 4.28. The molecule has 3 rings (SSSR count). The van der Waals surface area contributed by atoms with Gasteiger partial charge in [-0.2, -0.15) is 0 Å². The van der Waals surface area contributed by atoms with E-state index in [-0.39, 0.29) is 11.9 Å².